The van der Waals surface area contributed by atoms with Crippen molar-refractivity contribution in [2.75, 3.05) is 6.61 Å². The van der Waals surface area contributed by atoms with Crippen LogP contribution in [0.2, 0.25) is 0 Å². The zero-order chi connectivity index (χ0) is 14.7. The third kappa shape index (κ3) is 2.90. The Labute approximate surface area is 115 Å². The van der Waals surface area contributed by atoms with Crippen LogP contribution in [0.5, 0.6) is 0 Å². The number of aromatic amines is 1. The van der Waals surface area contributed by atoms with Gasteiger partial charge in [0, 0.05) is 12.6 Å². The first-order chi connectivity index (χ1) is 9.56. The molecule has 1 aromatic rings. The number of ether oxygens (including phenoxy) is 1. The fraction of sp³-hybridized carbons (Fsp3) is 0.538. The summed E-state index contributed by atoms with van der Waals surface area (Å²) in [4.78, 5) is 25.7. The highest BCUT2D eigenvalue weighted by Gasteiger charge is 2.35. The van der Waals surface area contributed by atoms with Gasteiger partial charge in [0.25, 0.3) is 5.56 Å². The standard InChI is InChI=1S/C13H18N2O5/c1-2-3-4-8-6-15(13(19)14-12(8)18)11-5-9(17)10(7-16)20-11/h3-4,6,9-11,16-17H,2,5,7H2,1H3,(H,14,18,19)/b4-3+/t9-,10-,11-/m1/s1. The molecule has 3 atom stereocenters. The van der Waals surface area contributed by atoms with Gasteiger partial charge >= 0.3 is 5.69 Å². The van der Waals surface area contributed by atoms with Crippen LogP contribution >= 0.6 is 0 Å². The van der Waals surface area contributed by atoms with Crippen molar-refractivity contribution in [1.29, 1.82) is 0 Å². The zero-order valence-corrected chi connectivity index (χ0v) is 11.2. The summed E-state index contributed by atoms with van der Waals surface area (Å²) in [7, 11) is 0. The average molecular weight is 282 g/mol. The van der Waals surface area contributed by atoms with E-state index in [9.17, 15) is 14.7 Å². The van der Waals surface area contributed by atoms with Crippen molar-refractivity contribution in [3.05, 3.63) is 38.7 Å². The topological polar surface area (TPSA) is 105 Å². The summed E-state index contributed by atoms with van der Waals surface area (Å²) in [6, 6.07) is 0. The molecule has 0 bridgehead atoms. The lowest BCUT2D eigenvalue weighted by Crippen LogP contribution is -2.33. The highest BCUT2D eigenvalue weighted by atomic mass is 16.5. The first-order valence-corrected chi connectivity index (χ1v) is 6.53. The van der Waals surface area contributed by atoms with Crippen LogP contribution in [0.1, 0.15) is 31.6 Å². The molecule has 0 unspecified atom stereocenters. The minimum atomic E-state index is -0.835. The molecule has 0 aliphatic carbocycles. The summed E-state index contributed by atoms with van der Waals surface area (Å²) in [5.74, 6) is 0. The predicted octanol–water partition coefficient (Wildman–Crippen LogP) is -0.400. The molecule has 0 amide bonds. The summed E-state index contributed by atoms with van der Waals surface area (Å²) in [5, 5.41) is 18.7. The average Bonchev–Trinajstić information content (AvgIpc) is 2.79. The molecule has 2 rings (SSSR count). The van der Waals surface area contributed by atoms with Crippen molar-refractivity contribution in [1.82, 2.24) is 9.55 Å². The van der Waals surface area contributed by atoms with Crippen LogP contribution in [0.15, 0.2) is 21.9 Å². The maximum absolute atomic E-state index is 11.8. The Morgan fingerprint density at radius 2 is 2.30 bits per heavy atom. The van der Waals surface area contributed by atoms with E-state index in [4.69, 9.17) is 9.84 Å². The molecule has 20 heavy (non-hydrogen) atoms. The largest absolute Gasteiger partial charge is 0.394 e. The number of hydrogen-bond acceptors (Lipinski definition) is 5. The molecule has 1 aliphatic heterocycles. The van der Waals surface area contributed by atoms with E-state index in [0.29, 0.717) is 5.56 Å². The number of hydrogen-bond donors (Lipinski definition) is 3. The molecule has 1 saturated heterocycles. The molecule has 2 heterocycles. The Bertz CT molecular complexity index is 604. The van der Waals surface area contributed by atoms with E-state index in [2.05, 4.69) is 4.98 Å². The van der Waals surface area contributed by atoms with Crippen LogP contribution < -0.4 is 11.2 Å². The Morgan fingerprint density at radius 1 is 1.55 bits per heavy atom. The van der Waals surface area contributed by atoms with Crippen molar-refractivity contribution in [3.63, 3.8) is 0 Å². The van der Waals surface area contributed by atoms with Gasteiger partial charge in [-0.05, 0) is 6.42 Å². The van der Waals surface area contributed by atoms with Gasteiger partial charge in [0.05, 0.1) is 18.3 Å². The maximum atomic E-state index is 11.8. The molecule has 0 aromatic carbocycles. The number of rotatable bonds is 4. The van der Waals surface area contributed by atoms with Crippen molar-refractivity contribution in [2.24, 2.45) is 0 Å². The first-order valence-electron chi connectivity index (χ1n) is 6.53. The molecule has 110 valence electrons. The van der Waals surface area contributed by atoms with Crippen LogP contribution in [0.25, 0.3) is 6.08 Å². The fourth-order valence-electron chi connectivity index (χ4n) is 2.13. The number of aliphatic hydroxyl groups excluding tert-OH is 2. The third-order valence-electron chi connectivity index (χ3n) is 3.22. The zero-order valence-electron chi connectivity index (χ0n) is 11.2. The lowest BCUT2D eigenvalue weighted by atomic mass is 10.2. The normalized spacial score (nSPS) is 26.4. The molecule has 0 spiro atoms. The monoisotopic (exact) mass is 282 g/mol. The van der Waals surface area contributed by atoms with E-state index in [-0.39, 0.29) is 13.0 Å². The molecule has 1 fully saturated rings. The van der Waals surface area contributed by atoms with Crippen molar-refractivity contribution < 1.29 is 14.9 Å². The van der Waals surface area contributed by atoms with Gasteiger partial charge in [-0.3, -0.25) is 14.3 Å². The number of aromatic nitrogens is 2. The SMILES string of the molecule is CC/C=C/c1cn([C@H]2C[C@@H](O)[C@@H](CO)O2)c(=O)[nH]c1=O. The number of H-pyrrole nitrogens is 1. The molecule has 7 heteroatoms. The first kappa shape index (κ1) is 14.7. The number of nitrogens with zero attached hydrogens (tertiary/aromatic N) is 1. The molecule has 1 aromatic heterocycles. The van der Waals surface area contributed by atoms with Crippen molar-refractivity contribution in [2.45, 2.75) is 38.2 Å². The van der Waals surface area contributed by atoms with Gasteiger partial charge in [-0.1, -0.05) is 19.1 Å². The van der Waals surface area contributed by atoms with E-state index in [1.807, 2.05) is 6.92 Å². The van der Waals surface area contributed by atoms with Gasteiger partial charge in [0.1, 0.15) is 12.3 Å². The predicted molar refractivity (Wildman–Crippen MR) is 72.3 cm³/mol. The number of nitrogens with one attached hydrogen (secondary N) is 1. The molecular formula is C13H18N2O5. The van der Waals surface area contributed by atoms with E-state index in [1.54, 1.807) is 12.2 Å². The van der Waals surface area contributed by atoms with Gasteiger partial charge in [-0.2, -0.15) is 0 Å². The molecule has 0 saturated carbocycles. The fourth-order valence-corrected chi connectivity index (χ4v) is 2.13. The summed E-state index contributed by atoms with van der Waals surface area (Å²) in [6.45, 7) is 1.61. The van der Waals surface area contributed by atoms with E-state index in [0.717, 1.165) is 6.42 Å². The highest BCUT2D eigenvalue weighted by Crippen LogP contribution is 2.27. The summed E-state index contributed by atoms with van der Waals surface area (Å²) in [5.41, 5.74) is -0.718. The highest BCUT2D eigenvalue weighted by molar-refractivity contribution is 5.46. The molecule has 0 radical (unpaired) electrons. The summed E-state index contributed by atoms with van der Waals surface area (Å²) in [6.07, 6.45) is 3.55. The molecule has 3 N–H and O–H groups in total. The number of aliphatic hydroxyl groups is 2. The van der Waals surface area contributed by atoms with Crippen LogP contribution in [0.3, 0.4) is 0 Å². The van der Waals surface area contributed by atoms with Crippen LogP contribution in [0.4, 0.5) is 0 Å². The Morgan fingerprint density at radius 3 is 2.90 bits per heavy atom. The smallest absolute Gasteiger partial charge is 0.330 e. The van der Waals surface area contributed by atoms with E-state index < -0.39 is 29.7 Å². The van der Waals surface area contributed by atoms with Gasteiger partial charge < -0.3 is 14.9 Å². The summed E-state index contributed by atoms with van der Waals surface area (Å²) < 4.78 is 6.64. The second-order valence-corrected chi connectivity index (χ2v) is 4.68. The second-order valence-electron chi connectivity index (χ2n) is 4.68. The van der Waals surface area contributed by atoms with Crippen LogP contribution in [-0.2, 0) is 4.74 Å². The van der Waals surface area contributed by atoms with Crippen LogP contribution in [0, 0.1) is 0 Å². The van der Waals surface area contributed by atoms with Gasteiger partial charge in [-0.15, -0.1) is 0 Å². The minimum absolute atomic E-state index is 0.189. The molecule has 1 aliphatic rings. The van der Waals surface area contributed by atoms with Gasteiger partial charge in [0.2, 0.25) is 0 Å². The Balaban J connectivity index is 2.35. The van der Waals surface area contributed by atoms with Gasteiger partial charge in [0.15, 0.2) is 0 Å². The minimum Gasteiger partial charge on any atom is -0.394 e. The Kier molecular flexibility index (Phi) is 4.53. The lowest BCUT2D eigenvalue weighted by molar-refractivity contribution is -0.0459. The molecule has 7 nitrogen and oxygen atoms in total. The van der Waals surface area contributed by atoms with Crippen molar-refractivity contribution in [3.8, 4) is 0 Å². The van der Waals surface area contributed by atoms with Crippen molar-refractivity contribution >= 4 is 6.08 Å². The third-order valence-corrected chi connectivity index (χ3v) is 3.22. The number of allylic oxidation sites excluding steroid dienone is 1. The quantitative estimate of drug-likeness (QED) is 0.697. The summed E-state index contributed by atoms with van der Waals surface area (Å²) >= 11 is 0. The van der Waals surface area contributed by atoms with E-state index in [1.165, 1.54) is 10.8 Å². The maximum Gasteiger partial charge on any atom is 0.330 e. The van der Waals surface area contributed by atoms with Crippen LogP contribution in [-0.4, -0.2) is 38.6 Å². The lowest BCUT2D eigenvalue weighted by Gasteiger charge is -2.14. The van der Waals surface area contributed by atoms with Gasteiger partial charge in [-0.25, -0.2) is 4.79 Å². The molecular weight excluding hydrogens is 264 g/mol. The van der Waals surface area contributed by atoms with E-state index >= 15 is 0 Å². The second kappa shape index (κ2) is 6.17. The Hall–Kier alpha value is -1.70.